The molecular weight excluding hydrogens is 420 g/mol. The molecule has 0 saturated heterocycles. The summed E-state index contributed by atoms with van der Waals surface area (Å²) in [7, 11) is 1.95. The second kappa shape index (κ2) is 9.56. The van der Waals surface area contributed by atoms with E-state index in [1.165, 1.54) is 11.3 Å². The molecule has 2 heterocycles. The van der Waals surface area contributed by atoms with E-state index >= 15 is 0 Å². The van der Waals surface area contributed by atoms with Crippen molar-refractivity contribution in [1.29, 1.82) is 0 Å². The van der Waals surface area contributed by atoms with Crippen molar-refractivity contribution >= 4 is 29.0 Å². The van der Waals surface area contributed by atoms with Crippen LogP contribution in [0.3, 0.4) is 0 Å². The Balaban J connectivity index is 1.69. The van der Waals surface area contributed by atoms with Crippen molar-refractivity contribution in [3.63, 3.8) is 0 Å². The number of para-hydroxylation sites is 1. The Kier molecular flexibility index (Phi) is 6.57. The van der Waals surface area contributed by atoms with Crippen LogP contribution >= 0.6 is 0 Å². The highest BCUT2D eigenvalue weighted by Crippen LogP contribution is 2.33. The summed E-state index contributed by atoms with van der Waals surface area (Å²) in [5.41, 5.74) is 6.49. The van der Waals surface area contributed by atoms with Gasteiger partial charge in [-0.25, -0.2) is 5.48 Å². The van der Waals surface area contributed by atoms with Crippen LogP contribution in [-0.4, -0.2) is 63.9 Å². The number of aldehydes is 1. The Morgan fingerprint density at radius 2 is 1.91 bits per heavy atom. The molecule has 0 aliphatic carbocycles. The highest BCUT2D eigenvalue weighted by Gasteiger charge is 2.34. The minimum absolute atomic E-state index is 0.0210. The molecule has 2 amide bonds. The molecule has 1 aliphatic rings. The lowest BCUT2D eigenvalue weighted by atomic mass is 9.96. The van der Waals surface area contributed by atoms with Crippen LogP contribution in [0.4, 0.5) is 0 Å². The molecule has 33 heavy (non-hydrogen) atoms. The molecule has 1 atom stereocenters. The Bertz CT molecular complexity index is 1190. The number of amides is 2. The maximum Gasteiger partial charge on any atom is 0.274 e. The number of carbonyl (C=O) groups excluding carboxylic acids is 3. The number of hydrogen-bond donors (Lipinski definition) is 2. The molecule has 2 N–H and O–H groups in total. The minimum Gasteiger partial charge on any atom is -0.339 e. The van der Waals surface area contributed by atoms with Crippen LogP contribution in [0.15, 0.2) is 48.5 Å². The molecule has 1 aliphatic heterocycles. The van der Waals surface area contributed by atoms with Gasteiger partial charge in [0.15, 0.2) is 0 Å². The lowest BCUT2D eigenvalue weighted by molar-refractivity contribution is -0.138. The van der Waals surface area contributed by atoms with Crippen molar-refractivity contribution < 1.29 is 19.6 Å². The third-order valence-corrected chi connectivity index (χ3v) is 6.45. The van der Waals surface area contributed by atoms with Crippen LogP contribution in [0.2, 0.25) is 0 Å². The summed E-state index contributed by atoms with van der Waals surface area (Å²) in [4.78, 5) is 39.5. The average molecular weight is 449 g/mol. The summed E-state index contributed by atoms with van der Waals surface area (Å²) in [5.74, 6) is -0.564. The SMILES string of the molecule is CCN(CC=O)C(=O)C1Cc2c(n(Cc3ccc(C(=O)NO)cc3)c3ccccc23)CN1C. The lowest BCUT2D eigenvalue weighted by Gasteiger charge is -2.35. The zero-order valence-electron chi connectivity index (χ0n) is 18.8. The lowest BCUT2D eigenvalue weighted by Crippen LogP contribution is -2.50. The van der Waals surface area contributed by atoms with Gasteiger partial charge in [-0.05, 0) is 49.7 Å². The summed E-state index contributed by atoms with van der Waals surface area (Å²) in [5, 5.41) is 9.96. The second-order valence-electron chi connectivity index (χ2n) is 8.34. The fourth-order valence-electron chi connectivity index (χ4n) is 4.67. The average Bonchev–Trinajstić information content (AvgIpc) is 3.14. The molecule has 1 aromatic heterocycles. The molecule has 1 unspecified atom stereocenters. The minimum atomic E-state index is -0.543. The van der Waals surface area contributed by atoms with Crippen molar-refractivity contribution in [3.05, 3.63) is 70.9 Å². The monoisotopic (exact) mass is 448 g/mol. The van der Waals surface area contributed by atoms with E-state index < -0.39 is 5.91 Å². The van der Waals surface area contributed by atoms with Gasteiger partial charge in [-0.2, -0.15) is 0 Å². The van der Waals surface area contributed by atoms with Gasteiger partial charge in [0.1, 0.15) is 6.29 Å². The predicted octanol–water partition coefficient (Wildman–Crippen LogP) is 2.21. The standard InChI is InChI=1S/C25H28N4O4/c1-3-28(12-13-30)25(32)22-14-20-19-6-4-5-7-21(19)29(23(20)16-27(22)2)15-17-8-10-18(11-9-17)24(31)26-33/h4-11,13,22,33H,3,12,14-16H2,1-2H3,(H,26,31). The molecule has 0 spiro atoms. The molecule has 3 aromatic rings. The van der Waals surface area contributed by atoms with Gasteiger partial charge >= 0.3 is 0 Å². The number of rotatable bonds is 7. The van der Waals surface area contributed by atoms with Gasteiger partial charge in [0.25, 0.3) is 5.91 Å². The third kappa shape index (κ3) is 4.27. The Hall–Kier alpha value is -3.49. The molecule has 0 saturated carbocycles. The molecule has 0 radical (unpaired) electrons. The van der Waals surface area contributed by atoms with Crippen LogP contribution in [0, 0.1) is 0 Å². The van der Waals surface area contributed by atoms with E-state index in [1.54, 1.807) is 22.5 Å². The first-order valence-electron chi connectivity index (χ1n) is 11.0. The summed E-state index contributed by atoms with van der Waals surface area (Å²) < 4.78 is 2.27. The largest absolute Gasteiger partial charge is 0.339 e. The number of carbonyl (C=O) groups is 3. The fraction of sp³-hybridized carbons (Fsp3) is 0.320. The number of nitrogens with zero attached hydrogens (tertiary/aromatic N) is 3. The Morgan fingerprint density at radius 1 is 1.18 bits per heavy atom. The highest BCUT2D eigenvalue weighted by molar-refractivity contribution is 5.93. The first-order chi connectivity index (χ1) is 16.0. The summed E-state index contributed by atoms with van der Waals surface area (Å²) in [6.07, 6.45) is 1.36. The maximum absolute atomic E-state index is 13.2. The molecule has 8 heteroatoms. The van der Waals surface area contributed by atoms with Crippen LogP contribution in [-0.2, 0) is 29.1 Å². The number of benzene rings is 2. The molecule has 0 fully saturated rings. The molecule has 8 nitrogen and oxygen atoms in total. The maximum atomic E-state index is 13.2. The van der Waals surface area contributed by atoms with E-state index in [1.807, 2.05) is 38.2 Å². The van der Waals surface area contributed by atoms with E-state index in [-0.39, 0.29) is 18.5 Å². The summed E-state index contributed by atoms with van der Waals surface area (Å²) in [6, 6.07) is 15.0. The fourth-order valence-corrected chi connectivity index (χ4v) is 4.67. The van der Waals surface area contributed by atoms with E-state index in [4.69, 9.17) is 5.21 Å². The van der Waals surface area contributed by atoms with Crippen molar-refractivity contribution in [2.75, 3.05) is 20.1 Å². The van der Waals surface area contributed by atoms with Gasteiger partial charge in [-0.3, -0.25) is 19.7 Å². The molecule has 0 bridgehead atoms. The van der Waals surface area contributed by atoms with Crippen LogP contribution in [0.5, 0.6) is 0 Å². The topological polar surface area (TPSA) is 94.9 Å². The zero-order chi connectivity index (χ0) is 23.5. The van der Waals surface area contributed by atoms with Gasteiger partial charge in [-0.15, -0.1) is 0 Å². The van der Waals surface area contributed by atoms with Gasteiger partial charge in [0.05, 0.1) is 12.6 Å². The van der Waals surface area contributed by atoms with Gasteiger partial charge in [0, 0.05) is 41.8 Å². The Morgan fingerprint density at radius 3 is 2.58 bits per heavy atom. The van der Waals surface area contributed by atoms with Crippen LogP contribution in [0.1, 0.15) is 34.1 Å². The smallest absolute Gasteiger partial charge is 0.274 e. The number of aromatic nitrogens is 1. The second-order valence-corrected chi connectivity index (χ2v) is 8.34. The summed E-state index contributed by atoms with van der Waals surface area (Å²) in [6.45, 7) is 3.73. The number of nitrogens with one attached hydrogen (secondary N) is 1. The van der Waals surface area contributed by atoms with E-state index in [0.29, 0.717) is 31.6 Å². The van der Waals surface area contributed by atoms with E-state index in [2.05, 4.69) is 21.6 Å². The van der Waals surface area contributed by atoms with Crippen molar-refractivity contribution in [2.45, 2.75) is 32.5 Å². The predicted molar refractivity (Wildman–Crippen MR) is 124 cm³/mol. The summed E-state index contributed by atoms with van der Waals surface area (Å²) >= 11 is 0. The Labute approximate surface area is 192 Å². The molecule has 4 rings (SSSR count). The normalized spacial score (nSPS) is 15.8. The number of fused-ring (bicyclic) bond motifs is 3. The van der Waals surface area contributed by atoms with Crippen molar-refractivity contribution in [1.82, 2.24) is 19.8 Å². The van der Waals surface area contributed by atoms with Crippen LogP contribution in [0.25, 0.3) is 10.9 Å². The zero-order valence-corrected chi connectivity index (χ0v) is 18.8. The van der Waals surface area contributed by atoms with Gasteiger partial charge in [-0.1, -0.05) is 30.3 Å². The molecular formula is C25H28N4O4. The number of hydrogen-bond acceptors (Lipinski definition) is 5. The molecule has 2 aromatic carbocycles. The van der Waals surface area contributed by atoms with Gasteiger partial charge in [0.2, 0.25) is 5.91 Å². The van der Waals surface area contributed by atoms with Crippen molar-refractivity contribution in [3.8, 4) is 0 Å². The number of likely N-dealkylation sites (N-methyl/N-ethyl adjacent to an activating group) is 2. The quantitative estimate of drug-likeness (QED) is 0.328. The third-order valence-electron chi connectivity index (χ3n) is 6.45. The van der Waals surface area contributed by atoms with Crippen LogP contribution < -0.4 is 5.48 Å². The van der Waals surface area contributed by atoms with Crippen molar-refractivity contribution in [2.24, 2.45) is 0 Å². The first-order valence-corrected chi connectivity index (χ1v) is 11.0. The first kappa shape index (κ1) is 22.7. The van der Waals surface area contributed by atoms with E-state index in [0.717, 1.165) is 22.8 Å². The van der Waals surface area contributed by atoms with E-state index in [9.17, 15) is 14.4 Å². The number of hydroxylamine groups is 1. The molecule has 172 valence electrons. The highest BCUT2D eigenvalue weighted by atomic mass is 16.5. The van der Waals surface area contributed by atoms with Gasteiger partial charge < -0.3 is 14.3 Å².